The van der Waals surface area contributed by atoms with E-state index in [0.29, 0.717) is 25.2 Å². The lowest BCUT2D eigenvalue weighted by Gasteiger charge is -2.32. The molecule has 0 bridgehead atoms. The Kier molecular flexibility index (Phi) is 8.35. The molecule has 2 N–H and O–H groups in total. The summed E-state index contributed by atoms with van der Waals surface area (Å²) in [6.45, 7) is 3.76. The van der Waals surface area contributed by atoms with Gasteiger partial charge in [0.25, 0.3) is 15.9 Å². The molecular formula is C25H29N3O6S. The molecule has 0 heterocycles. The Morgan fingerprint density at radius 3 is 2.26 bits per heavy atom. The fourth-order valence-electron chi connectivity index (χ4n) is 3.81. The van der Waals surface area contributed by atoms with Crippen LogP contribution in [-0.2, 0) is 19.6 Å². The normalized spacial score (nSPS) is 15.8. The molecule has 10 heteroatoms. The summed E-state index contributed by atoms with van der Waals surface area (Å²) in [6.07, 6.45) is 2.80. The molecule has 9 nitrogen and oxygen atoms in total. The van der Waals surface area contributed by atoms with Gasteiger partial charge in [0.05, 0.1) is 23.1 Å². The number of benzene rings is 2. The van der Waals surface area contributed by atoms with E-state index in [1.165, 1.54) is 43.3 Å². The molecule has 0 aromatic heterocycles. The van der Waals surface area contributed by atoms with Gasteiger partial charge < -0.3 is 14.8 Å². The summed E-state index contributed by atoms with van der Waals surface area (Å²) < 4.78 is 38.3. The van der Waals surface area contributed by atoms with Crippen LogP contribution in [0, 0.1) is 11.3 Å². The first-order valence-corrected chi connectivity index (χ1v) is 13.0. The maximum atomic E-state index is 12.6. The Hall–Kier alpha value is -3.58. The molecule has 35 heavy (non-hydrogen) atoms. The van der Waals surface area contributed by atoms with Gasteiger partial charge in [-0.2, -0.15) is 5.26 Å². The van der Waals surface area contributed by atoms with Gasteiger partial charge in [-0.3, -0.25) is 9.52 Å². The number of hydrogen-bond acceptors (Lipinski definition) is 7. The molecule has 3 rings (SSSR count). The predicted molar refractivity (Wildman–Crippen MR) is 129 cm³/mol. The number of amides is 1. The summed E-state index contributed by atoms with van der Waals surface area (Å²) in [4.78, 5) is 25.1. The number of hydrogen-bond donors (Lipinski definition) is 2. The van der Waals surface area contributed by atoms with E-state index in [1.54, 1.807) is 12.1 Å². The van der Waals surface area contributed by atoms with Crippen LogP contribution in [-0.4, -0.2) is 38.5 Å². The van der Waals surface area contributed by atoms with Crippen molar-refractivity contribution in [3.8, 4) is 11.8 Å². The fraction of sp³-hybridized carbons (Fsp3) is 0.400. The summed E-state index contributed by atoms with van der Waals surface area (Å²) >= 11 is 0. The maximum absolute atomic E-state index is 12.6. The van der Waals surface area contributed by atoms with Crippen molar-refractivity contribution in [1.82, 2.24) is 5.32 Å². The van der Waals surface area contributed by atoms with Gasteiger partial charge in [-0.05, 0) is 75.2 Å². The van der Waals surface area contributed by atoms with Gasteiger partial charge in [0.15, 0.2) is 6.10 Å². The highest BCUT2D eigenvalue weighted by Gasteiger charge is 2.35. The van der Waals surface area contributed by atoms with Gasteiger partial charge >= 0.3 is 5.97 Å². The van der Waals surface area contributed by atoms with Crippen LogP contribution in [0.4, 0.5) is 5.69 Å². The number of anilines is 1. The molecule has 1 aliphatic carbocycles. The molecule has 2 aromatic rings. The van der Waals surface area contributed by atoms with E-state index in [9.17, 15) is 23.3 Å². The van der Waals surface area contributed by atoms with E-state index in [0.717, 1.165) is 19.3 Å². The molecule has 1 amide bonds. The quantitative estimate of drug-likeness (QED) is 0.501. The van der Waals surface area contributed by atoms with Crippen LogP contribution in [0.1, 0.15) is 56.3 Å². The van der Waals surface area contributed by atoms with E-state index in [4.69, 9.17) is 9.47 Å². The third-order valence-electron chi connectivity index (χ3n) is 5.75. The zero-order valence-corrected chi connectivity index (χ0v) is 20.6. The monoisotopic (exact) mass is 499 g/mol. The van der Waals surface area contributed by atoms with Crippen molar-refractivity contribution >= 4 is 27.6 Å². The molecule has 0 radical (unpaired) electrons. The van der Waals surface area contributed by atoms with Gasteiger partial charge in [0.2, 0.25) is 0 Å². The third-order valence-corrected chi connectivity index (χ3v) is 7.15. The third kappa shape index (κ3) is 6.73. The zero-order valence-electron chi connectivity index (χ0n) is 19.7. The summed E-state index contributed by atoms with van der Waals surface area (Å²) in [5.74, 6) is -0.691. The van der Waals surface area contributed by atoms with E-state index < -0.39 is 33.5 Å². The lowest BCUT2D eigenvalue weighted by Crippen LogP contribution is -2.52. The fourth-order valence-corrected chi connectivity index (χ4v) is 4.87. The minimum atomic E-state index is -3.83. The molecule has 2 aromatic carbocycles. The van der Waals surface area contributed by atoms with Gasteiger partial charge in [0, 0.05) is 5.69 Å². The van der Waals surface area contributed by atoms with Crippen molar-refractivity contribution in [2.45, 2.75) is 62.5 Å². The molecule has 0 saturated heterocycles. The number of esters is 1. The van der Waals surface area contributed by atoms with Crippen LogP contribution in [0.25, 0.3) is 0 Å². The first-order chi connectivity index (χ1) is 16.7. The topological polar surface area (TPSA) is 135 Å². The van der Waals surface area contributed by atoms with E-state index >= 15 is 0 Å². The SMILES string of the molecule is CCOc1ccc(S(=O)(=O)Nc2ccc(C(=O)OC(C)C(=O)NC3(C#N)CCCCC3)cc2)cc1. The first kappa shape index (κ1) is 26.0. The molecule has 1 aliphatic rings. The summed E-state index contributed by atoms with van der Waals surface area (Å²) in [6, 6.07) is 13.9. The van der Waals surface area contributed by atoms with Gasteiger partial charge in [-0.15, -0.1) is 0 Å². The number of carbonyl (C=O) groups excluding carboxylic acids is 2. The standard InChI is InChI=1S/C25H29N3O6S/c1-3-33-21-11-13-22(14-12-21)35(31,32)28-20-9-7-19(8-10-20)24(30)34-18(2)23(29)27-25(17-26)15-5-4-6-16-25/h7-14,18,28H,3-6,15-16H2,1-2H3,(H,27,29). The van der Waals surface area contributed by atoms with E-state index in [-0.39, 0.29) is 16.1 Å². The number of sulfonamides is 1. The second kappa shape index (κ2) is 11.2. The lowest BCUT2D eigenvalue weighted by molar-refractivity contribution is -0.130. The minimum absolute atomic E-state index is 0.0670. The Bertz CT molecular complexity index is 1180. The van der Waals surface area contributed by atoms with Crippen molar-refractivity contribution in [1.29, 1.82) is 5.26 Å². The minimum Gasteiger partial charge on any atom is -0.494 e. The Labute approximate surface area is 205 Å². The van der Waals surface area contributed by atoms with Crippen LogP contribution in [0.15, 0.2) is 53.4 Å². The average Bonchev–Trinajstić information content (AvgIpc) is 2.85. The maximum Gasteiger partial charge on any atom is 0.338 e. The molecular weight excluding hydrogens is 470 g/mol. The van der Waals surface area contributed by atoms with Crippen LogP contribution in [0.3, 0.4) is 0 Å². The highest BCUT2D eigenvalue weighted by Crippen LogP contribution is 2.28. The van der Waals surface area contributed by atoms with Crippen molar-refractivity contribution < 1.29 is 27.5 Å². The second-order valence-electron chi connectivity index (χ2n) is 8.38. The summed E-state index contributed by atoms with van der Waals surface area (Å²) in [5, 5.41) is 12.3. The average molecular weight is 500 g/mol. The highest BCUT2D eigenvalue weighted by atomic mass is 32.2. The molecule has 0 aliphatic heterocycles. The Morgan fingerprint density at radius 1 is 1.06 bits per heavy atom. The second-order valence-corrected chi connectivity index (χ2v) is 10.1. The number of ether oxygens (including phenoxy) is 2. The van der Waals surface area contributed by atoms with Gasteiger partial charge in [0.1, 0.15) is 11.3 Å². The summed E-state index contributed by atoms with van der Waals surface area (Å²) in [7, 11) is -3.83. The molecule has 1 fully saturated rings. The molecule has 1 atom stereocenters. The van der Waals surface area contributed by atoms with E-state index in [2.05, 4.69) is 16.1 Å². The number of nitrogens with zero attached hydrogens (tertiary/aromatic N) is 1. The van der Waals surface area contributed by atoms with Crippen LogP contribution in [0.5, 0.6) is 5.75 Å². The Morgan fingerprint density at radius 2 is 1.69 bits per heavy atom. The summed E-state index contributed by atoms with van der Waals surface area (Å²) in [5.41, 5.74) is -0.506. The predicted octanol–water partition coefficient (Wildman–Crippen LogP) is 3.77. The van der Waals surface area contributed by atoms with Gasteiger partial charge in [-0.25, -0.2) is 13.2 Å². The van der Waals surface area contributed by atoms with Crippen molar-refractivity contribution in [3.05, 3.63) is 54.1 Å². The molecule has 1 saturated carbocycles. The lowest BCUT2D eigenvalue weighted by atomic mass is 9.83. The largest absolute Gasteiger partial charge is 0.494 e. The molecule has 186 valence electrons. The van der Waals surface area contributed by atoms with Crippen molar-refractivity contribution in [2.24, 2.45) is 0 Å². The zero-order chi connectivity index (χ0) is 25.5. The van der Waals surface area contributed by atoms with Crippen LogP contribution >= 0.6 is 0 Å². The van der Waals surface area contributed by atoms with Crippen molar-refractivity contribution in [2.75, 3.05) is 11.3 Å². The number of nitriles is 1. The number of carbonyl (C=O) groups is 2. The highest BCUT2D eigenvalue weighted by molar-refractivity contribution is 7.92. The smallest absolute Gasteiger partial charge is 0.338 e. The van der Waals surface area contributed by atoms with Crippen molar-refractivity contribution in [3.63, 3.8) is 0 Å². The van der Waals surface area contributed by atoms with E-state index in [1.807, 2.05) is 6.92 Å². The number of nitrogens with one attached hydrogen (secondary N) is 2. The van der Waals surface area contributed by atoms with Crippen LogP contribution in [0.2, 0.25) is 0 Å². The van der Waals surface area contributed by atoms with Crippen LogP contribution < -0.4 is 14.8 Å². The first-order valence-electron chi connectivity index (χ1n) is 11.5. The number of rotatable bonds is 9. The molecule has 0 spiro atoms. The molecule has 1 unspecified atom stereocenters. The van der Waals surface area contributed by atoms with Gasteiger partial charge in [-0.1, -0.05) is 19.3 Å². The Balaban J connectivity index is 1.59.